The van der Waals surface area contributed by atoms with Crippen molar-refractivity contribution in [2.45, 2.75) is 31.3 Å². The van der Waals surface area contributed by atoms with Gasteiger partial charge in [-0.1, -0.05) is 36.4 Å². The minimum absolute atomic E-state index is 0.105. The van der Waals surface area contributed by atoms with Gasteiger partial charge in [-0.3, -0.25) is 15.2 Å². The first-order valence-electron chi connectivity index (χ1n) is 10.6. The number of nitrogens with zero attached hydrogens (tertiary/aromatic N) is 2. The molecule has 2 atom stereocenters. The van der Waals surface area contributed by atoms with Crippen LogP contribution in [0.15, 0.2) is 66.3 Å². The van der Waals surface area contributed by atoms with Crippen molar-refractivity contribution in [3.05, 3.63) is 71.9 Å². The lowest BCUT2D eigenvalue weighted by molar-refractivity contribution is 0.0184. The third-order valence-electron chi connectivity index (χ3n) is 6.37. The Morgan fingerprint density at radius 2 is 1.93 bits per heavy atom. The van der Waals surface area contributed by atoms with Crippen molar-refractivity contribution in [3.8, 4) is 11.1 Å². The number of rotatable bonds is 5. The number of urea groups is 1. The van der Waals surface area contributed by atoms with Gasteiger partial charge in [-0.2, -0.15) is 0 Å². The molecule has 3 saturated heterocycles. The van der Waals surface area contributed by atoms with Crippen molar-refractivity contribution in [2.75, 3.05) is 18.4 Å². The number of piperidine rings is 3. The molecule has 0 spiro atoms. The lowest BCUT2D eigenvalue weighted by atomic mass is 9.77. The second kappa shape index (κ2) is 8.58. The normalized spacial score (nSPS) is 25.1. The standard InChI is InChI=1S/C24H26N4OS/c29-24(26-22-14-20(16-30-22)18-6-2-1-3-7-18)27-23-19-8-11-28(12-9-19)21(23)13-17-5-4-10-25-15-17/h1-7,10,14-16,19,21,23H,8-9,11-13H2,(H2,26,27,29). The number of fused-ring (bicyclic) bond motifs is 3. The van der Waals surface area contributed by atoms with E-state index in [1.165, 1.54) is 5.56 Å². The number of carbonyl (C=O) groups excluding carboxylic acids is 1. The SMILES string of the molecule is O=C(Nc1cc(-c2ccccc2)cs1)NC1C2CCN(CC2)C1Cc1cccnc1. The maximum Gasteiger partial charge on any atom is 0.320 e. The molecular formula is C24H26N4OS. The topological polar surface area (TPSA) is 57.3 Å². The summed E-state index contributed by atoms with van der Waals surface area (Å²) in [7, 11) is 0. The quantitative estimate of drug-likeness (QED) is 0.635. The molecule has 2 unspecified atom stereocenters. The van der Waals surface area contributed by atoms with E-state index >= 15 is 0 Å². The number of amides is 2. The molecule has 3 aliphatic rings. The van der Waals surface area contributed by atoms with Crippen LogP contribution in [-0.2, 0) is 6.42 Å². The van der Waals surface area contributed by atoms with Crippen LogP contribution >= 0.6 is 11.3 Å². The molecule has 0 radical (unpaired) electrons. The molecule has 154 valence electrons. The Morgan fingerprint density at radius 3 is 2.70 bits per heavy atom. The highest BCUT2D eigenvalue weighted by atomic mass is 32.1. The predicted molar refractivity (Wildman–Crippen MR) is 122 cm³/mol. The molecule has 3 fully saturated rings. The summed E-state index contributed by atoms with van der Waals surface area (Å²) in [6.07, 6.45) is 6.99. The van der Waals surface area contributed by atoms with Crippen LogP contribution in [0.4, 0.5) is 9.80 Å². The van der Waals surface area contributed by atoms with Crippen LogP contribution in [0.5, 0.6) is 0 Å². The molecule has 30 heavy (non-hydrogen) atoms. The second-order valence-electron chi connectivity index (χ2n) is 8.20. The van der Waals surface area contributed by atoms with Crippen molar-refractivity contribution < 1.29 is 4.79 Å². The van der Waals surface area contributed by atoms with E-state index < -0.39 is 0 Å². The maximum absolute atomic E-state index is 12.9. The molecule has 2 N–H and O–H groups in total. The summed E-state index contributed by atoms with van der Waals surface area (Å²) >= 11 is 1.56. The van der Waals surface area contributed by atoms with Gasteiger partial charge in [-0.25, -0.2) is 4.79 Å². The van der Waals surface area contributed by atoms with Gasteiger partial charge >= 0.3 is 6.03 Å². The number of pyridine rings is 1. The predicted octanol–water partition coefficient (Wildman–Crippen LogP) is 4.64. The molecule has 1 aromatic carbocycles. The molecule has 6 heteroatoms. The van der Waals surface area contributed by atoms with Gasteiger partial charge in [0.05, 0.1) is 5.00 Å². The molecule has 2 bridgehead atoms. The Balaban J connectivity index is 1.26. The first kappa shape index (κ1) is 19.3. The number of carbonyl (C=O) groups is 1. The molecule has 0 saturated carbocycles. The van der Waals surface area contributed by atoms with Crippen LogP contribution in [0.2, 0.25) is 0 Å². The van der Waals surface area contributed by atoms with E-state index in [2.05, 4.69) is 44.1 Å². The van der Waals surface area contributed by atoms with Crippen molar-refractivity contribution in [2.24, 2.45) is 5.92 Å². The zero-order chi connectivity index (χ0) is 20.3. The van der Waals surface area contributed by atoms with Gasteiger partial charge in [0.15, 0.2) is 0 Å². The fourth-order valence-electron chi connectivity index (χ4n) is 4.87. The average molecular weight is 419 g/mol. The summed E-state index contributed by atoms with van der Waals surface area (Å²) in [5.74, 6) is 0.547. The number of aromatic nitrogens is 1. The second-order valence-corrected chi connectivity index (χ2v) is 9.11. The summed E-state index contributed by atoms with van der Waals surface area (Å²) in [5, 5.41) is 9.33. The van der Waals surface area contributed by atoms with Crippen molar-refractivity contribution in [1.29, 1.82) is 0 Å². The lowest BCUT2D eigenvalue weighted by Gasteiger charge is -2.51. The molecule has 5 nitrogen and oxygen atoms in total. The molecule has 3 aliphatic heterocycles. The summed E-state index contributed by atoms with van der Waals surface area (Å²) in [5.41, 5.74) is 3.53. The molecule has 2 aromatic heterocycles. The highest BCUT2D eigenvalue weighted by molar-refractivity contribution is 7.14. The third kappa shape index (κ3) is 4.11. The van der Waals surface area contributed by atoms with E-state index in [1.807, 2.05) is 42.7 Å². The van der Waals surface area contributed by atoms with E-state index in [0.717, 1.165) is 48.5 Å². The smallest absolute Gasteiger partial charge is 0.320 e. The van der Waals surface area contributed by atoms with Gasteiger partial charge in [0.25, 0.3) is 0 Å². The van der Waals surface area contributed by atoms with Gasteiger partial charge in [-0.05, 0) is 67.1 Å². The summed E-state index contributed by atoms with van der Waals surface area (Å²) in [6.45, 7) is 2.25. The van der Waals surface area contributed by atoms with E-state index in [4.69, 9.17) is 0 Å². The number of anilines is 1. The van der Waals surface area contributed by atoms with Crippen LogP contribution in [-0.4, -0.2) is 41.1 Å². The van der Waals surface area contributed by atoms with Crippen LogP contribution in [0, 0.1) is 5.92 Å². The Labute approximate surface area is 181 Å². The first-order valence-corrected chi connectivity index (χ1v) is 11.5. The van der Waals surface area contributed by atoms with Gasteiger partial charge in [0, 0.05) is 29.9 Å². The Morgan fingerprint density at radius 1 is 1.10 bits per heavy atom. The van der Waals surface area contributed by atoms with Gasteiger partial charge in [-0.15, -0.1) is 11.3 Å². The lowest BCUT2D eigenvalue weighted by Crippen LogP contribution is -2.64. The van der Waals surface area contributed by atoms with Gasteiger partial charge in [0.2, 0.25) is 0 Å². The van der Waals surface area contributed by atoms with E-state index in [0.29, 0.717) is 12.0 Å². The van der Waals surface area contributed by atoms with Crippen molar-refractivity contribution >= 4 is 22.4 Å². The molecule has 2 amide bonds. The van der Waals surface area contributed by atoms with Crippen LogP contribution < -0.4 is 10.6 Å². The first-order chi connectivity index (χ1) is 14.8. The van der Waals surface area contributed by atoms with E-state index in [1.54, 1.807) is 11.3 Å². The summed E-state index contributed by atoms with van der Waals surface area (Å²) in [4.78, 5) is 19.7. The fraction of sp³-hybridized carbons (Fsp3) is 0.333. The molecule has 0 aliphatic carbocycles. The Kier molecular flexibility index (Phi) is 5.51. The summed E-state index contributed by atoms with van der Waals surface area (Å²) in [6, 6.07) is 16.8. The Hall–Kier alpha value is -2.70. The van der Waals surface area contributed by atoms with E-state index in [-0.39, 0.29) is 12.1 Å². The van der Waals surface area contributed by atoms with Crippen LogP contribution in [0.1, 0.15) is 18.4 Å². The zero-order valence-corrected chi connectivity index (χ0v) is 17.6. The number of nitrogens with one attached hydrogen (secondary N) is 2. The van der Waals surface area contributed by atoms with Crippen LogP contribution in [0.25, 0.3) is 11.1 Å². The number of hydrogen-bond donors (Lipinski definition) is 2. The molecular weight excluding hydrogens is 392 g/mol. The fourth-order valence-corrected chi connectivity index (χ4v) is 5.67. The molecule has 5 heterocycles. The minimum atomic E-state index is -0.105. The molecule has 6 rings (SSSR count). The third-order valence-corrected chi connectivity index (χ3v) is 7.22. The zero-order valence-electron chi connectivity index (χ0n) is 16.8. The van der Waals surface area contributed by atoms with Gasteiger partial charge < -0.3 is 5.32 Å². The largest absolute Gasteiger partial charge is 0.333 e. The number of thiophene rings is 1. The molecule has 3 aromatic rings. The highest BCUT2D eigenvalue weighted by Gasteiger charge is 2.42. The average Bonchev–Trinajstić information content (AvgIpc) is 3.26. The van der Waals surface area contributed by atoms with Crippen LogP contribution in [0.3, 0.4) is 0 Å². The van der Waals surface area contributed by atoms with E-state index in [9.17, 15) is 4.79 Å². The number of hydrogen-bond acceptors (Lipinski definition) is 4. The minimum Gasteiger partial charge on any atom is -0.333 e. The monoisotopic (exact) mass is 418 g/mol. The maximum atomic E-state index is 12.9. The Bertz CT molecular complexity index is 983. The highest BCUT2D eigenvalue weighted by Crippen LogP contribution is 2.34. The van der Waals surface area contributed by atoms with Crippen molar-refractivity contribution in [3.63, 3.8) is 0 Å². The van der Waals surface area contributed by atoms with Gasteiger partial charge in [0.1, 0.15) is 0 Å². The van der Waals surface area contributed by atoms with Crippen molar-refractivity contribution in [1.82, 2.24) is 15.2 Å². The number of benzene rings is 1. The summed E-state index contributed by atoms with van der Waals surface area (Å²) < 4.78 is 0.